The summed E-state index contributed by atoms with van der Waals surface area (Å²) in [6, 6.07) is 3.27. The lowest BCUT2D eigenvalue weighted by molar-refractivity contribution is 0.600. The lowest BCUT2D eigenvalue weighted by Gasteiger charge is -1.93. The summed E-state index contributed by atoms with van der Waals surface area (Å²) in [6.45, 7) is 0. The van der Waals surface area contributed by atoms with Gasteiger partial charge in [-0.1, -0.05) is 10.6 Å². The van der Waals surface area contributed by atoms with Gasteiger partial charge in [-0.05, 0) is 11.4 Å². The first-order chi connectivity index (χ1) is 6.21. The maximum atomic E-state index is 11.7. The molecule has 0 radical (unpaired) electrons. The van der Waals surface area contributed by atoms with Gasteiger partial charge in [0.25, 0.3) is 0 Å². The molecule has 0 unspecified atom stereocenters. The molecule has 0 bridgehead atoms. The Labute approximate surface area is 82.9 Å². The van der Waals surface area contributed by atoms with E-state index in [1.54, 1.807) is 17.5 Å². The zero-order chi connectivity index (χ0) is 9.31. The number of thiophene rings is 1. The van der Waals surface area contributed by atoms with Gasteiger partial charge in [0.15, 0.2) is 4.21 Å². The molecule has 0 saturated carbocycles. The summed E-state index contributed by atoms with van der Waals surface area (Å²) in [5, 5.41) is 5.22. The quantitative estimate of drug-likeness (QED) is 0.786. The van der Waals surface area contributed by atoms with Crippen LogP contribution in [0.3, 0.4) is 0 Å². The number of nitrogens with zero attached hydrogens (tertiary/aromatic N) is 2. The van der Waals surface area contributed by atoms with Crippen LogP contribution < -0.4 is 0 Å². The molecule has 0 saturated heterocycles. The molecule has 7 heteroatoms. The van der Waals surface area contributed by atoms with E-state index in [9.17, 15) is 8.42 Å². The van der Waals surface area contributed by atoms with E-state index in [4.69, 9.17) is 0 Å². The van der Waals surface area contributed by atoms with Gasteiger partial charge >= 0.3 is 0 Å². The Morgan fingerprint density at radius 1 is 1.31 bits per heavy atom. The van der Waals surface area contributed by atoms with E-state index in [2.05, 4.69) is 9.59 Å². The Kier molecular flexibility index (Phi) is 2.14. The third-order valence-electron chi connectivity index (χ3n) is 1.37. The molecule has 0 aliphatic carbocycles. The first kappa shape index (κ1) is 8.79. The number of hydrogen-bond acceptors (Lipinski definition) is 6. The second-order valence-corrected chi connectivity index (χ2v) is 6.31. The van der Waals surface area contributed by atoms with Crippen molar-refractivity contribution in [3.63, 3.8) is 0 Å². The monoisotopic (exact) mass is 232 g/mol. The van der Waals surface area contributed by atoms with Crippen molar-refractivity contribution in [1.29, 1.82) is 0 Å². The second-order valence-electron chi connectivity index (χ2n) is 2.17. The minimum Gasteiger partial charge on any atom is -0.217 e. The zero-order valence-corrected chi connectivity index (χ0v) is 8.69. The van der Waals surface area contributed by atoms with E-state index in [0.29, 0.717) is 4.21 Å². The van der Waals surface area contributed by atoms with Crippen LogP contribution in [0.15, 0.2) is 32.1 Å². The predicted molar refractivity (Wildman–Crippen MR) is 49.7 cm³/mol. The average Bonchev–Trinajstić information content (AvgIpc) is 2.78. The fraction of sp³-hybridized carbons (Fsp3) is 0. The molecule has 0 aliphatic heterocycles. The van der Waals surface area contributed by atoms with Crippen molar-refractivity contribution in [2.24, 2.45) is 0 Å². The normalized spacial score (nSPS) is 11.7. The summed E-state index contributed by atoms with van der Waals surface area (Å²) >= 11 is 2.08. The molecule has 0 aliphatic rings. The Bertz CT molecular complexity index is 432. The number of hydrogen-bond donors (Lipinski definition) is 0. The first-order valence-electron chi connectivity index (χ1n) is 3.27. The Balaban J connectivity index is 2.56. The maximum Gasteiger partial charge on any atom is 0.228 e. The Hall–Kier alpha value is -0.790. The van der Waals surface area contributed by atoms with E-state index in [0.717, 1.165) is 11.5 Å². The van der Waals surface area contributed by atoms with Gasteiger partial charge in [-0.25, -0.2) is 8.42 Å². The van der Waals surface area contributed by atoms with E-state index < -0.39 is 9.84 Å². The predicted octanol–water partition coefficient (Wildman–Crippen LogP) is 1.43. The highest BCUT2D eigenvalue weighted by Crippen LogP contribution is 2.25. The number of sulfone groups is 1. The molecule has 0 aromatic carbocycles. The Morgan fingerprint density at radius 2 is 2.15 bits per heavy atom. The standard InChI is InChI=1S/C6H4N2O2S3/c9-13(10,5-2-1-3-11-5)6-4-7-8-12-6/h1-4H. The molecular formula is C6H4N2O2S3. The molecule has 0 spiro atoms. The molecule has 2 aromatic heterocycles. The molecular weight excluding hydrogens is 228 g/mol. The van der Waals surface area contributed by atoms with Crippen LogP contribution in [0.25, 0.3) is 0 Å². The third-order valence-corrected chi connectivity index (χ3v) is 5.62. The highest BCUT2D eigenvalue weighted by Gasteiger charge is 2.20. The Morgan fingerprint density at radius 3 is 2.69 bits per heavy atom. The van der Waals surface area contributed by atoms with Gasteiger partial charge < -0.3 is 0 Å². The van der Waals surface area contributed by atoms with Crippen molar-refractivity contribution >= 4 is 32.7 Å². The van der Waals surface area contributed by atoms with Gasteiger partial charge in [-0.15, -0.1) is 16.4 Å². The van der Waals surface area contributed by atoms with E-state index in [-0.39, 0.29) is 4.21 Å². The van der Waals surface area contributed by atoms with E-state index >= 15 is 0 Å². The highest BCUT2D eigenvalue weighted by atomic mass is 32.3. The summed E-state index contributed by atoms with van der Waals surface area (Å²) in [5.74, 6) is 0. The highest BCUT2D eigenvalue weighted by molar-refractivity contribution is 7.95. The number of rotatable bonds is 2. The topological polar surface area (TPSA) is 59.9 Å². The molecule has 0 fully saturated rings. The second kappa shape index (κ2) is 3.17. The van der Waals surface area contributed by atoms with Gasteiger partial charge in [0, 0.05) is 11.5 Å². The smallest absolute Gasteiger partial charge is 0.217 e. The minimum atomic E-state index is -3.34. The molecule has 13 heavy (non-hydrogen) atoms. The summed E-state index contributed by atoms with van der Waals surface area (Å²) in [4.78, 5) is 0. The van der Waals surface area contributed by atoms with Crippen LogP contribution in [0.4, 0.5) is 0 Å². The van der Waals surface area contributed by atoms with Gasteiger partial charge in [0.05, 0.1) is 6.20 Å². The first-order valence-corrected chi connectivity index (χ1v) is 6.41. The molecule has 2 aromatic rings. The summed E-state index contributed by atoms with van der Waals surface area (Å²) in [6.07, 6.45) is 1.26. The van der Waals surface area contributed by atoms with Gasteiger partial charge in [0.1, 0.15) is 4.21 Å². The van der Waals surface area contributed by atoms with Crippen LogP contribution in [0.1, 0.15) is 0 Å². The molecule has 68 valence electrons. The minimum absolute atomic E-state index is 0.190. The molecule has 2 rings (SSSR count). The summed E-state index contributed by atoms with van der Waals surface area (Å²) in [5.41, 5.74) is 0. The van der Waals surface area contributed by atoms with Gasteiger partial charge in [-0.3, -0.25) is 0 Å². The van der Waals surface area contributed by atoms with Crippen LogP contribution in [-0.2, 0) is 9.84 Å². The van der Waals surface area contributed by atoms with Crippen LogP contribution in [-0.4, -0.2) is 18.0 Å². The lowest BCUT2D eigenvalue weighted by atomic mass is 10.7. The number of aromatic nitrogens is 2. The van der Waals surface area contributed by atoms with Crippen molar-refractivity contribution in [2.75, 3.05) is 0 Å². The third kappa shape index (κ3) is 1.50. The fourth-order valence-electron chi connectivity index (χ4n) is 0.792. The molecule has 0 atom stereocenters. The van der Waals surface area contributed by atoms with Gasteiger partial charge in [-0.2, -0.15) is 0 Å². The van der Waals surface area contributed by atoms with Crippen molar-refractivity contribution in [3.05, 3.63) is 23.7 Å². The lowest BCUT2D eigenvalue weighted by Crippen LogP contribution is -1.95. The van der Waals surface area contributed by atoms with Crippen molar-refractivity contribution in [3.8, 4) is 0 Å². The van der Waals surface area contributed by atoms with Crippen LogP contribution in [0.5, 0.6) is 0 Å². The van der Waals surface area contributed by atoms with Crippen LogP contribution in [0, 0.1) is 0 Å². The molecule has 0 N–H and O–H groups in total. The average molecular weight is 232 g/mol. The summed E-state index contributed by atoms with van der Waals surface area (Å²) in [7, 11) is -3.34. The van der Waals surface area contributed by atoms with Gasteiger partial charge in [0.2, 0.25) is 9.84 Å². The van der Waals surface area contributed by atoms with Crippen molar-refractivity contribution in [2.45, 2.75) is 8.42 Å². The van der Waals surface area contributed by atoms with Crippen LogP contribution >= 0.6 is 22.9 Å². The van der Waals surface area contributed by atoms with E-state index in [1.165, 1.54) is 17.5 Å². The SMILES string of the molecule is O=S(=O)(c1cccs1)c1cnns1. The largest absolute Gasteiger partial charge is 0.228 e. The fourth-order valence-corrected chi connectivity index (χ4v) is 4.01. The van der Waals surface area contributed by atoms with E-state index in [1.807, 2.05) is 0 Å². The summed E-state index contributed by atoms with van der Waals surface area (Å²) < 4.78 is 27.4. The van der Waals surface area contributed by atoms with Crippen LogP contribution in [0.2, 0.25) is 0 Å². The maximum absolute atomic E-state index is 11.7. The molecule has 4 nitrogen and oxygen atoms in total. The zero-order valence-electron chi connectivity index (χ0n) is 6.25. The van der Waals surface area contributed by atoms with Crippen molar-refractivity contribution in [1.82, 2.24) is 9.59 Å². The molecule has 2 heterocycles. The molecule has 0 amide bonds. The van der Waals surface area contributed by atoms with Crippen molar-refractivity contribution < 1.29 is 8.42 Å².